The number of hydrogen-bond donors (Lipinski definition) is 1. The highest BCUT2D eigenvalue weighted by Gasteiger charge is 2.24. The van der Waals surface area contributed by atoms with Gasteiger partial charge >= 0.3 is 0 Å². The van der Waals surface area contributed by atoms with Crippen LogP contribution >= 0.6 is 11.3 Å². The molecule has 19 heavy (non-hydrogen) atoms. The second-order valence-corrected chi connectivity index (χ2v) is 6.59. The molecule has 0 amide bonds. The lowest BCUT2D eigenvalue weighted by Gasteiger charge is -2.33. The topological polar surface area (TPSA) is 51.4 Å². The molecule has 1 aromatic rings. The van der Waals surface area contributed by atoms with E-state index in [1.54, 1.807) is 18.4 Å². The van der Waals surface area contributed by atoms with Crippen molar-refractivity contribution >= 4 is 16.5 Å². The maximum atomic E-state index is 5.79. The largest absolute Gasteiger partial charge is 0.378 e. The summed E-state index contributed by atoms with van der Waals surface area (Å²) in [6.45, 7) is 3.45. The average Bonchev–Trinajstić information content (AvgIpc) is 2.82. The third kappa shape index (κ3) is 3.46. The van der Waals surface area contributed by atoms with Gasteiger partial charge in [-0.2, -0.15) is 0 Å². The summed E-state index contributed by atoms with van der Waals surface area (Å²) in [5.41, 5.74) is 6.79. The Hall–Kier alpha value is -0.650. The van der Waals surface area contributed by atoms with E-state index in [4.69, 9.17) is 15.5 Å². The zero-order valence-electron chi connectivity index (χ0n) is 12.2. The summed E-state index contributed by atoms with van der Waals surface area (Å²) in [6.07, 6.45) is 5.20. The van der Waals surface area contributed by atoms with Gasteiger partial charge in [-0.3, -0.25) is 0 Å². The fourth-order valence-corrected chi connectivity index (χ4v) is 3.69. The van der Waals surface area contributed by atoms with Crippen LogP contribution in [0.5, 0.6) is 0 Å². The zero-order chi connectivity index (χ0) is 13.8. The number of anilines is 1. The first kappa shape index (κ1) is 14.8. The van der Waals surface area contributed by atoms with Crippen LogP contribution in [-0.4, -0.2) is 25.2 Å². The van der Waals surface area contributed by atoms with Crippen molar-refractivity contribution in [1.82, 2.24) is 4.98 Å². The maximum absolute atomic E-state index is 5.79. The molecule has 2 N–H and O–H groups in total. The number of methoxy groups -OCH3 is 1. The highest BCUT2D eigenvalue weighted by molar-refractivity contribution is 7.15. The monoisotopic (exact) mass is 283 g/mol. The van der Waals surface area contributed by atoms with Crippen LogP contribution in [0.15, 0.2) is 0 Å². The molecule has 1 saturated carbocycles. The minimum Gasteiger partial charge on any atom is -0.378 e. The van der Waals surface area contributed by atoms with Gasteiger partial charge in [0, 0.05) is 31.6 Å². The Morgan fingerprint density at radius 3 is 2.63 bits per heavy atom. The van der Waals surface area contributed by atoms with E-state index in [1.807, 2.05) is 0 Å². The summed E-state index contributed by atoms with van der Waals surface area (Å²) >= 11 is 1.71. The quantitative estimate of drug-likeness (QED) is 0.903. The average molecular weight is 283 g/mol. The Bertz CT molecular complexity index is 399. The minimum absolute atomic E-state index is 0.548. The van der Waals surface area contributed by atoms with Crippen molar-refractivity contribution in [2.75, 3.05) is 19.1 Å². The fraction of sp³-hybridized carbons (Fsp3) is 0.786. The van der Waals surface area contributed by atoms with E-state index >= 15 is 0 Å². The van der Waals surface area contributed by atoms with E-state index in [2.05, 4.69) is 18.9 Å². The minimum atomic E-state index is 0.548. The zero-order valence-corrected chi connectivity index (χ0v) is 13.0. The molecule has 108 valence electrons. The smallest absolute Gasteiger partial charge is 0.185 e. The number of nitrogens with two attached hydrogens (primary N) is 1. The van der Waals surface area contributed by atoms with Crippen molar-refractivity contribution < 1.29 is 4.74 Å². The molecule has 1 heterocycles. The molecular weight excluding hydrogens is 258 g/mol. The van der Waals surface area contributed by atoms with Crippen molar-refractivity contribution in [3.05, 3.63) is 10.6 Å². The first-order valence-electron chi connectivity index (χ1n) is 7.06. The molecule has 0 bridgehead atoms. The first-order chi connectivity index (χ1) is 9.15. The van der Waals surface area contributed by atoms with Crippen molar-refractivity contribution in [2.24, 2.45) is 11.7 Å². The molecule has 0 spiro atoms. The Balaban J connectivity index is 2.08. The second kappa shape index (κ2) is 6.68. The molecule has 1 aliphatic carbocycles. The van der Waals surface area contributed by atoms with Crippen LogP contribution in [0.1, 0.15) is 43.2 Å². The molecule has 0 aliphatic heterocycles. The van der Waals surface area contributed by atoms with Crippen LogP contribution in [0.2, 0.25) is 0 Å². The van der Waals surface area contributed by atoms with Crippen molar-refractivity contribution in [2.45, 2.75) is 51.8 Å². The van der Waals surface area contributed by atoms with E-state index in [1.165, 1.54) is 25.7 Å². The van der Waals surface area contributed by atoms with Gasteiger partial charge < -0.3 is 15.4 Å². The molecule has 1 aliphatic rings. The maximum Gasteiger partial charge on any atom is 0.185 e. The van der Waals surface area contributed by atoms with Crippen molar-refractivity contribution in [1.29, 1.82) is 0 Å². The summed E-state index contributed by atoms with van der Waals surface area (Å²) in [4.78, 5) is 8.19. The fourth-order valence-electron chi connectivity index (χ4n) is 2.72. The Morgan fingerprint density at radius 2 is 2.05 bits per heavy atom. The standard InChI is InChI=1S/C14H25N3OS/c1-10-4-6-11(7-5-10)17(2)14-16-12(9-18-3)13(8-15)19-14/h10-11H,4-9,15H2,1-3H3. The van der Waals surface area contributed by atoms with E-state index in [9.17, 15) is 0 Å². The van der Waals surface area contributed by atoms with Gasteiger partial charge in [-0.05, 0) is 31.6 Å². The summed E-state index contributed by atoms with van der Waals surface area (Å²) in [5.74, 6) is 0.879. The third-order valence-electron chi connectivity index (χ3n) is 4.07. The number of ether oxygens (including phenoxy) is 1. The summed E-state index contributed by atoms with van der Waals surface area (Å²) in [7, 11) is 3.86. The second-order valence-electron chi connectivity index (χ2n) is 5.53. The lowest BCUT2D eigenvalue weighted by atomic mass is 9.87. The number of thiazole rings is 1. The molecule has 4 nitrogen and oxygen atoms in total. The molecule has 0 atom stereocenters. The van der Waals surface area contributed by atoms with Crippen LogP contribution in [-0.2, 0) is 17.9 Å². The molecule has 0 saturated heterocycles. The lowest BCUT2D eigenvalue weighted by molar-refractivity contribution is 0.181. The third-order valence-corrected chi connectivity index (χ3v) is 5.28. The van der Waals surface area contributed by atoms with Gasteiger partial charge in [-0.1, -0.05) is 6.92 Å². The number of hydrogen-bond acceptors (Lipinski definition) is 5. The van der Waals surface area contributed by atoms with Crippen LogP contribution in [0.25, 0.3) is 0 Å². The molecule has 0 aromatic carbocycles. The summed E-state index contributed by atoms with van der Waals surface area (Å²) in [6, 6.07) is 0.628. The van der Waals surface area contributed by atoms with Gasteiger partial charge in [0.05, 0.1) is 12.3 Å². The molecular formula is C14H25N3OS. The van der Waals surface area contributed by atoms with Gasteiger partial charge in [-0.15, -0.1) is 11.3 Å². The molecule has 2 rings (SSSR count). The van der Waals surface area contributed by atoms with Crippen molar-refractivity contribution in [3.63, 3.8) is 0 Å². The van der Waals surface area contributed by atoms with E-state index in [0.717, 1.165) is 21.6 Å². The van der Waals surface area contributed by atoms with Gasteiger partial charge in [0.15, 0.2) is 5.13 Å². The van der Waals surface area contributed by atoms with E-state index < -0.39 is 0 Å². The Morgan fingerprint density at radius 1 is 1.37 bits per heavy atom. The van der Waals surface area contributed by atoms with Gasteiger partial charge in [0.25, 0.3) is 0 Å². The van der Waals surface area contributed by atoms with Crippen LogP contribution < -0.4 is 10.6 Å². The molecule has 1 fully saturated rings. The van der Waals surface area contributed by atoms with E-state index in [0.29, 0.717) is 19.2 Å². The summed E-state index contributed by atoms with van der Waals surface area (Å²) < 4.78 is 5.19. The van der Waals surface area contributed by atoms with Gasteiger partial charge in [0.1, 0.15) is 0 Å². The number of rotatable bonds is 5. The van der Waals surface area contributed by atoms with Gasteiger partial charge in [0.2, 0.25) is 0 Å². The Kier molecular flexibility index (Phi) is 5.19. The summed E-state index contributed by atoms with van der Waals surface area (Å²) in [5, 5.41) is 1.09. The number of nitrogens with zero attached hydrogens (tertiary/aromatic N) is 2. The molecule has 1 aromatic heterocycles. The van der Waals surface area contributed by atoms with Crippen LogP contribution in [0, 0.1) is 5.92 Å². The molecule has 0 unspecified atom stereocenters. The normalized spacial score (nSPS) is 23.6. The predicted molar refractivity (Wildman–Crippen MR) is 80.5 cm³/mol. The highest BCUT2D eigenvalue weighted by Crippen LogP contribution is 2.32. The highest BCUT2D eigenvalue weighted by atomic mass is 32.1. The predicted octanol–water partition coefficient (Wildman–Crippen LogP) is 2.76. The van der Waals surface area contributed by atoms with E-state index in [-0.39, 0.29) is 0 Å². The van der Waals surface area contributed by atoms with Crippen LogP contribution in [0.3, 0.4) is 0 Å². The van der Waals surface area contributed by atoms with Crippen molar-refractivity contribution in [3.8, 4) is 0 Å². The first-order valence-corrected chi connectivity index (χ1v) is 7.87. The van der Waals surface area contributed by atoms with Gasteiger partial charge in [-0.25, -0.2) is 4.98 Å². The number of aromatic nitrogens is 1. The molecule has 0 radical (unpaired) electrons. The SMILES string of the molecule is COCc1nc(N(C)C2CCC(C)CC2)sc1CN. The Labute approximate surface area is 120 Å². The lowest BCUT2D eigenvalue weighted by Crippen LogP contribution is -2.34. The van der Waals surface area contributed by atoms with Crippen LogP contribution in [0.4, 0.5) is 5.13 Å². The molecule has 5 heteroatoms.